The Labute approximate surface area is 389 Å². The Morgan fingerprint density at radius 1 is 0.785 bits per heavy atom. The molecule has 16 nitrogen and oxygen atoms in total. The average Bonchev–Trinajstić information content (AvgIpc) is 3.91. The smallest absolute Gasteiger partial charge is 0.276 e. The van der Waals surface area contributed by atoms with Crippen LogP contribution in [-0.4, -0.2) is 77.1 Å². The summed E-state index contributed by atoms with van der Waals surface area (Å²) in [6.07, 6.45) is 8.02. The maximum absolute atomic E-state index is 13.9. The highest BCUT2D eigenvalue weighted by Crippen LogP contribution is 2.40. The maximum Gasteiger partial charge on any atom is 0.276 e. The number of nitrogens with zero attached hydrogens (tertiary/aromatic N) is 9. The SMILES string of the molecule is C.C.C.CCc1c(-c2cc(Nc3cc(C)n(C4COC4)n3)c(=O)n(C)c2)ccnc1N1CCn2c(cc3c2CC(C)(C)C3)C1=O.Cc1cc(Nc2cc(Br)cn(C)c2=O)nn1C1COC1. The molecular formula is C48H64BrN11O5. The van der Waals surface area contributed by atoms with E-state index in [1.165, 1.54) is 15.8 Å². The van der Waals surface area contributed by atoms with E-state index in [2.05, 4.69) is 68.2 Å². The number of hydrogen-bond donors (Lipinski definition) is 2. The van der Waals surface area contributed by atoms with Crippen molar-refractivity contribution in [1.82, 2.24) is 38.2 Å². The zero-order valence-corrected chi connectivity index (χ0v) is 37.7. The summed E-state index contributed by atoms with van der Waals surface area (Å²) in [6, 6.07) is 12.1. The fraction of sp³-hybridized carbons (Fsp3) is 0.458. The van der Waals surface area contributed by atoms with Gasteiger partial charge in [-0.05, 0) is 89.8 Å². The van der Waals surface area contributed by atoms with E-state index >= 15 is 0 Å². The molecular weight excluding hydrogens is 891 g/mol. The molecule has 1 amide bonds. The third kappa shape index (κ3) is 9.23. The number of amides is 1. The van der Waals surface area contributed by atoms with Gasteiger partial charge in [0, 0.05) is 90.6 Å². The van der Waals surface area contributed by atoms with Crippen LogP contribution in [0.3, 0.4) is 0 Å². The second kappa shape index (κ2) is 19.0. The minimum atomic E-state index is -0.145. The van der Waals surface area contributed by atoms with Crippen molar-refractivity contribution in [3.8, 4) is 11.1 Å². The van der Waals surface area contributed by atoms with E-state index in [1.54, 1.807) is 37.1 Å². The first-order chi connectivity index (χ1) is 29.7. The largest absolute Gasteiger partial charge is 0.377 e. The molecule has 65 heavy (non-hydrogen) atoms. The van der Waals surface area contributed by atoms with Crippen molar-refractivity contribution in [1.29, 1.82) is 0 Å². The first-order valence-corrected chi connectivity index (χ1v) is 21.9. The van der Waals surface area contributed by atoms with Crippen LogP contribution in [0.4, 0.5) is 28.8 Å². The van der Waals surface area contributed by atoms with Gasteiger partial charge >= 0.3 is 0 Å². The molecule has 6 aromatic rings. The van der Waals surface area contributed by atoms with E-state index in [9.17, 15) is 14.4 Å². The zero-order chi connectivity index (χ0) is 43.6. The first kappa shape index (κ1) is 48.7. The highest BCUT2D eigenvalue weighted by atomic mass is 79.9. The van der Waals surface area contributed by atoms with Crippen molar-refractivity contribution in [2.24, 2.45) is 19.5 Å². The molecule has 0 aromatic carbocycles. The number of halogens is 1. The van der Waals surface area contributed by atoms with Crippen LogP contribution in [0.5, 0.6) is 0 Å². The number of carbonyl (C=O) groups excluding carboxylic acids is 1. The van der Waals surface area contributed by atoms with Gasteiger partial charge in [-0.25, -0.2) is 4.98 Å². The summed E-state index contributed by atoms with van der Waals surface area (Å²) in [5.41, 5.74) is 9.18. The van der Waals surface area contributed by atoms with Crippen LogP contribution >= 0.6 is 15.9 Å². The molecule has 0 atom stereocenters. The molecule has 10 rings (SSSR count). The second-order valence-electron chi connectivity index (χ2n) is 17.6. The van der Waals surface area contributed by atoms with Crippen molar-refractivity contribution < 1.29 is 14.3 Å². The van der Waals surface area contributed by atoms with Gasteiger partial charge in [0.2, 0.25) is 0 Å². The summed E-state index contributed by atoms with van der Waals surface area (Å²) in [5.74, 6) is 1.98. The Morgan fingerprint density at radius 3 is 1.91 bits per heavy atom. The number of aromatic nitrogens is 8. The van der Waals surface area contributed by atoms with Crippen LogP contribution < -0.4 is 26.7 Å². The minimum Gasteiger partial charge on any atom is -0.377 e. The Kier molecular flexibility index (Phi) is 14.2. The fourth-order valence-corrected chi connectivity index (χ4v) is 9.53. The van der Waals surface area contributed by atoms with Gasteiger partial charge in [-0.2, -0.15) is 10.2 Å². The molecule has 2 saturated heterocycles. The van der Waals surface area contributed by atoms with Gasteiger partial charge in [-0.15, -0.1) is 0 Å². The van der Waals surface area contributed by atoms with Crippen LogP contribution in [0, 0.1) is 19.3 Å². The molecule has 6 aromatic heterocycles. The lowest BCUT2D eigenvalue weighted by atomic mass is 9.90. The Balaban J connectivity index is 0.000000258. The van der Waals surface area contributed by atoms with Crippen molar-refractivity contribution >= 4 is 50.7 Å². The third-order valence-electron chi connectivity index (χ3n) is 12.2. The predicted octanol–water partition coefficient (Wildman–Crippen LogP) is 8.29. The lowest BCUT2D eigenvalue weighted by Crippen LogP contribution is -2.41. The Bertz CT molecular complexity index is 2840. The lowest BCUT2D eigenvalue weighted by Gasteiger charge is -2.31. The number of pyridine rings is 3. The number of nitrogens with one attached hydrogen (secondary N) is 2. The van der Waals surface area contributed by atoms with Crippen LogP contribution in [0.1, 0.15) is 93.8 Å². The van der Waals surface area contributed by atoms with Crippen LogP contribution in [0.25, 0.3) is 11.1 Å². The van der Waals surface area contributed by atoms with Gasteiger partial charge in [0.1, 0.15) is 22.9 Å². The van der Waals surface area contributed by atoms with E-state index < -0.39 is 0 Å². The molecule has 2 N–H and O–H groups in total. The zero-order valence-electron chi connectivity index (χ0n) is 36.2. The fourth-order valence-electron chi connectivity index (χ4n) is 9.00. The number of fused-ring (bicyclic) bond motifs is 3. The standard InChI is InChI=1S/C32H37N7O3.C13H15BrN4O2.3CH4/c1-6-23-24(21-12-25(30(40)36(5)16-21)34-28-11-19(2)39(35-28)22-17-42-18-22)7-8-33-29(23)38-10-9-37-26(31(38)41)13-20-14-32(3,4)15-27(20)37;1-8-3-12(16-18(8)10-6-20-7-10)15-11-4-9(14)5-17(2)13(11)19;;;/h7-8,11-13,16,22H,6,9-10,14-15,17-18H2,1-5H3,(H,34,35);3-5,10H,6-7H2,1-2H3,(H,15,16);3*1H4. The third-order valence-corrected chi connectivity index (χ3v) is 12.6. The number of hydrogen-bond acceptors (Lipinski definition) is 10. The van der Waals surface area contributed by atoms with Crippen LogP contribution in [0.15, 0.2) is 69.1 Å². The molecule has 1 aliphatic carbocycles. The normalized spacial score (nSPS) is 16.1. The summed E-state index contributed by atoms with van der Waals surface area (Å²) >= 11 is 3.38. The molecule has 0 unspecified atom stereocenters. The van der Waals surface area contributed by atoms with Gasteiger partial charge in [-0.3, -0.25) is 28.6 Å². The summed E-state index contributed by atoms with van der Waals surface area (Å²) in [4.78, 5) is 45.6. The summed E-state index contributed by atoms with van der Waals surface area (Å²) in [7, 11) is 3.47. The number of carbonyl (C=O) groups is 1. The average molecular weight is 955 g/mol. The summed E-state index contributed by atoms with van der Waals surface area (Å²) in [6.45, 7) is 14.7. The molecule has 0 bridgehead atoms. The van der Waals surface area contributed by atoms with Gasteiger partial charge < -0.3 is 33.8 Å². The van der Waals surface area contributed by atoms with Gasteiger partial charge in [0.05, 0.1) is 38.5 Å². The topological polar surface area (TPSA) is 160 Å². The lowest BCUT2D eigenvalue weighted by molar-refractivity contribution is -0.0294. The molecule has 0 radical (unpaired) electrons. The Morgan fingerprint density at radius 2 is 1.35 bits per heavy atom. The van der Waals surface area contributed by atoms with E-state index in [0.29, 0.717) is 74.3 Å². The van der Waals surface area contributed by atoms with Gasteiger partial charge in [0.25, 0.3) is 17.0 Å². The van der Waals surface area contributed by atoms with Crippen molar-refractivity contribution in [2.75, 3.05) is 48.5 Å². The Hall–Kier alpha value is -5.78. The van der Waals surface area contributed by atoms with Gasteiger partial charge in [0.15, 0.2) is 11.6 Å². The molecule has 4 aliphatic rings. The van der Waals surface area contributed by atoms with E-state index in [4.69, 9.17) is 14.5 Å². The molecule has 9 heterocycles. The molecule has 0 spiro atoms. The number of anilines is 5. The van der Waals surface area contributed by atoms with Crippen molar-refractivity contribution in [3.05, 3.63) is 114 Å². The van der Waals surface area contributed by atoms with E-state index in [0.717, 1.165) is 57.6 Å². The van der Waals surface area contributed by atoms with Gasteiger partial charge in [-0.1, -0.05) is 43.1 Å². The summed E-state index contributed by atoms with van der Waals surface area (Å²) < 4.78 is 20.6. The predicted molar refractivity (Wildman–Crippen MR) is 261 cm³/mol. The molecule has 3 aliphatic heterocycles. The van der Waals surface area contributed by atoms with Crippen LogP contribution in [0.2, 0.25) is 0 Å². The quantitative estimate of drug-likeness (QED) is 0.144. The second-order valence-corrected chi connectivity index (χ2v) is 18.5. The molecule has 17 heteroatoms. The molecule has 348 valence electrons. The highest BCUT2D eigenvalue weighted by molar-refractivity contribution is 9.10. The molecule has 2 fully saturated rings. The van der Waals surface area contributed by atoms with Crippen molar-refractivity contribution in [2.45, 2.75) is 94.8 Å². The van der Waals surface area contributed by atoms with E-state index in [-0.39, 0.29) is 50.8 Å². The number of ether oxygens (including phenoxy) is 2. The number of rotatable bonds is 9. The van der Waals surface area contributed by atoms with E-state index in [1.807, 2.05) is 58.6 Å². The summed E-state index contributed by atoms with van der Waals surface area (Å²) in [5, 5.41) is 15.5. The highest BCUT2D eigenvalue weighted by Gasteiger charge is 2.37. The maximum atomic E-state index is 13.9. The monoisotopic (exact) mass is 953 g/mol. The minimum absolute atomic E-state index is 0. The number of aryl methyl sites for hydroxylation is 4. The molecule has 0 saturated carbocycles. The first-order valence-electron chi connectivity index (χ1n) is 21.1. The van der Waals surface area contributed by atoms with Crippen LogP contribution in [-0.2, 0) is 49.4 Å². The van der Waals surface area contributed by atoms with Crippen molar-refractivity contribution in [3.63, 3.8) is 0 Å².